The number of ether oxygens (including phenoxy) is 1. The first-order valence-electron chi connectivity index (χ1n) is 10.8. The number of piperidine rings is 1. The van der Waals surface area contributed by atoms with Gasteiger partial charge < -0.3 is 14.2 Å². The van der Waals surface area contributed by atoms with E-state index in [1.165, 1.54) is 5.56 Å². The van der Waals surface area contributed by atoms with Crippen LogP contribution in [0.3, 0.4) is 0 Å². The number of nitrogens with zero attached hydrogens (tertiary/aromatic N) is 2. The van der Waals surface area contributed by atoms with Crippen LogP contribution in [0.5, 0.6) is 5.75 Å². The van der Waals surface area contributed by atoms with E-state index in [0.29, 0.717) is 5.92 Å². The fourth-order valence-electron chi connectivity index (χ4n) is 4.83. The summed E-state index contributed by atoms with van der Waals surface area (Å²) in [5, 5.41) is 1.10. The lowest BCUT2D eigenvalue weighted by Crippen LogP contribution is -2.40. The van der Waals surface area contributed by atoms with Gasteiger partial charge in [0.2, 0.25) is 0 Å². The highest BCUT2D eigenvalue weighted by molar-refractivity contribution is 6.00. The van der Waals surface area contributed by atoms with E-state index in [4.69, 9.17) is 4.74 Å². The average molecular weight is 389 g/mol. The maximum absolute atomic E-state index is 13.4. The summed E-state index contributed by atoms with van der Waals surface area (Å²) in [6.45, 7) is 4.58. The lowest BCUT2D eigenvalue weighted by atomic mass is 9.90. The van der Waals surface area contributed by atoms with Gasteiger partial charge in [0.25, 0.3) is 5.91 Å². The first kappa shape index (κ1) is 18.3. The Morgan fingerprint density at radius 1 is 1.07 bits per heavy atom. The van der Waals surface area contributed by atoms with Crippen LogP contribution in [0.15, 0.2) is 54.6 Å². The van der Waals surface area contributed by atoms with Crippen LogP contribution in [-0.4, -0.2) is 34.6 Å². The Labute approximate surface area is 172 Å². The number of hydrogen-bond donors (Lipinski definition) is 0. The van der Waals surface area contributed by atoms with Gasteiger partial charge in [-0.25, -0.2) is 0 Å². The summed E-state index contributed by atoms with van der Waals surface area (Å²) in [6, 6.07) is 18.9. The number of aromatic nitrogens is 1. The molecular formula is C25H28N2O2. The highest BCUT2D eigenvalue weighted by Crippen LogP contribution is 2.35. The standard InChI is InChI=1S/C25H28N2O2/c1-2-21-17-27-22(16-20-9-6-10-23(29-21)24(20)27)25(28)26-13-11-19(12-14-26)15-18-7-4-3-5-8-18/h3-10,16,19,21H,2,11-15,17H2,1H3/t21-/m1/s1. The molecule has 29 heavy (non-hydrogen) atoms. The lowest BCUT2D eigenvalue weighted by Gasteiger charge is -2.33. The first-order valence-corrected chi connectivity index (χ1v) is 10.8. The molecule has 3 heterocycles. The van der Waals surface area contributed by atoms with Crippen LogP contribution in [0.1, 0.15) is 42.2 Å². The molecule has 0 aliphatic carbocycles. The molecule has 150 valence electrons. The number of carbonyl (C=O) groups excluding carboxylic acids is 1. The number of benzene rings is 2. The van der Waals surface area contributed by atoms with E-state index < -0.39 is 0 Å². The molecule has 2 aliphatic heterocycles. The lowest BCUT2D eigenvalue weighted by molar-refractivity contribution is 0.0674. The zero-order valence-electron chi connectivity index (χ0n) is 17.0. The smallest absolute Gasteiger partial charge is 0.270 e. The van der Waals surface area contributed by atoms with Gasteiger partial charge in [-0.05, 0) is 49.3 Å². The SMILES string of the molecule is CC[C@@H]1Cn2c(C(=O)N3CCC(Cc4ccccc4)CC3)cc3cccc(c32)O1. The van der Waals surface area contributed by atoms with Crippen molar-refractivity contribution in [3.05, 3.63) is 65.9 Å². The molecule has 3 aromatic rings. The molecule has 1 saturated heterocycles. The third-order valence-electron chi connectivity index (χ3n) is 6.51. The highest BCUT2D eigenvalue weighted by Gasteiger charge is 2.30. The van der Waals surface area contributed by atoms with E-state index in [1.807, 2.05) is 12.1 Å². The van der Waals surface area contributed by atoms with E-state index in [1.54, 1.807) is 0 Å². The highest BCUT2D eigenvalue weighted by atomic mass is 16.5. The van der Waals surface area contributed by atoms with Crippen molar-refractivity contribution in [3.63, 3.8) is 0 Å². The number of likely N-dealkylation sites (tertiary alicyclic amines) is 1. The first-order chi connectivity index (χ1) is 14.2. The molecule has 0 unspecified atom stereocenters. The molecule has 1 aromatic heterocycles. The van der Waals surface area contributed by atoms with Crippen LogP contribution in [0, 0.1) is 5.92 Å². The zero-order valence-corrected chi connectivity index (χ0v) is 17.0. The Balaban J connectivity index is 1.33. The third kappa shape index (κ3) is 3.41. The maximum Gasteiger partial charge on any atom is 0.270 e. The van der Waals surface area contributed by atoms with Gasteiger partial charge in [-0.3, -0.25) is 4.79 Å². The van der Waals surface area contributed by atoms with Crippen molar-refractivity contribution in [1.29, 1.82) is 0 Å². The Kier molecular flexibility index (Phi) is 4.78. The zero-order chi connectivity index (χ0) is 19.8. The van der Waals surface area contributed by atoms with E-state index in [-0.39, 0.29) is 12.0 Å². The fourth-order valence-corrected chi connectivity index (χ4v) is 4.83. The van der Waals surface area contributed by atoms with Gasteiger partial charge in [-0.2, -0.15) is 0 Å². The van der Waals surface area contributed by atoms with E-state index in [9.17, 15) is 4.79 Å². The minimum absolute atomic E-state index is 0.128. The molecule has 0 bridgehead atoms. The van der Waals surface area contributed by atoms with Crippen LogP contribution < -0.4 is 4.74 Å². The summed E-state index contributed by atoms with van der Waals surface area (Å²) in [5.74, 6) is 1.74. The molecule has 1 amide bonds. The summed E-state index contributed by atoms with van der Waals surface area (Å²) in [4.78, 5) is 15.5. The molecule has 2 aliphatic rings. The van der Waals surface area contributed by atoms with Crippen LogP contribution in [0.4, 0.5) is 0 Å². The van der Waals surface area contributed by atoms with Gasteiger partial charge in [-0.1, -0.05) is 49.4 Å². The second-order valence-electron chi connectivity index (χ2n) is 8.41. The van der Waals surface area contributed by atoms with Crippen LogP contribution >= 0.6 is 0 Å². The predicted octanol–water partition coefficient (Wildman–Crippen LogP) is 4.91. The third-order valence-corrected chi connectivity index (χ3v) is 6.51. The number of amides is 1. The van der Waals surface area contributed by atoms with E-state index in [0.717, 1.165) is 67.7 Å². The molecule has 2 aromatic carbocycles. The molecule has 4 nitrogen and oxygen atoms in total. The minimum Gasteiger partial charge on any atom is -0.486 e. The van der Waals surface area contributed by atoms with Crippen molar-refractivity contribution in [2.75, 3.05) is 13.1 Å². The van der Waals surface area contributed by atoms with Gasteiger partial charge in [0.1, 0.15) is 17.5 Å². The van der Waals surface area contributed by atoms with Crippen LogP contribution in [0.25, 0.3) is 10.9 Å². The largest absolute Gasteiger partial charge is 0.486 e. The van der Waals surface area contributed by atoms with Gasteiger partial charge in [-0.15, -0.1) is 0 Å². The molecule has 5 rings (SSSR count). The average Bonchev–Trinajstić information content (AvgIpc) is 3.14. The van der Waals surface area contributed by atoms with Crippen molar-refractivity contribution in [1.82, 2.24) is 9.47 Å². The van der Waals surface area contributed by atoms with Crippen molar-refractivity contribution >= 4 is 16.8 Å². The van der Waals surface area contributed by atoms with E-state index in [2.05, 4.69) is 58.9 Å². The molecule has 4 heteroatoms. The number of hydrogen-bond acceptors (Lipinski definition) is 2. The molecular weight excluding hydrogens is 360 g/mol. The van der Waals surface area contributed by atoms with Crippen LogP contribution in [0.2, 0.25) is 0 Å². The normalized spacial score (nSPS) is 19.3. The van der Waals surface area contributed by atoms with E-state index >= 15 is 0 Å². The minimum atomic E-state index is 0.128. The summed E-state index contributed by atoms with van der Waals surface area (Å²) >= 11 is 0. The number of carbonyl (C=O) groups is 1. The molecule has 1 fully saturated rings. The number of rotatable bonds is 4. The van der Waals surface area contributed by atoms with Gasteiger partial charge in [0.15, 0.2) is 0 Å². The Bertz CT molecular complexity index is 1020. The van der Waals surface area contributed by atoms with Gasteiger partial charge in [0, 0.05) is 18.5 Å². The predicted molar refractivity (Wildman–Crippen MR) is 115 cm³/mol. The Morgan fingerprint density at radius 2 is 1.86 bits per heavy atom. The fraction of sp³-hybridized carbons (Fsp3) is 0.400. The Morgan fingerprint density at radius 3 is 2.62 bits per heavy atom. The maximum atomic E-state index is 13.4. The molecule has 1 atom stereocenters. The molecule has 0 saturated carbocycles. The van der Waals surface area contributed by atoms with Crippen molar-refractivity contribution in [2.24, 2.45) is 5.92 Å². The molecule has 0 radical (unpaired) electrons. The summed E-state index contributed by atoms with van der Waals surface area (Å²) in [7, 11) is 0. The van der Waals surface area contributed by atoms with Gasteiger partial charge >= 0.3 is 0 Å². The van der Waals surface area contributed by atoms with Crippen LogP contribution in [-0.2, 0) is 13.0 Å². The summed E-state index contributed by atoms with van der Waals surface area (Å²) < 4.78 is 8.31. The molecule has 0 N–H and O–H groups in total. The second-order valence-corrected chi connectivity index (χ2v) is 8.41. The number of para-hydroxylation sites is 1. The second kappa shape index (κ2) is 7.58. The monoisotopic (exact) mass is 388 g/mol. The molecule has 0 spiro atoms. The Hall–Kier alpha value is -2.75. The van der Waals surface area contributed by atoms with Crippen molar-refractivity contribution in [2.45, 2.75) is 45.3 Å². The van der Waals surface area contributed by atoms with Crippen molar-refractivity contribution < 1.29 is 9.53 Å². The van der Waals surface area contributed by atoms with Gasteiger partial charge in [0.05, 0.1) is 12.1 Å². The quantitative estimate of drug-likeness (QED) is 0.637. The van der Waals surface area contributed by atoms with Crippen molar-refractivity contribution in [3.8, 4) is 5.75 Å². The summed E-state index contributed by atoms with van der Waals surface area (Å²) in [6.07, 6.45) is 4.33. The summed E-state index contributed by atoms with van der Waals surface area (Å²) in [5.41, 5.74) is 3.29. The topological polar surface area (TPSA) is 34.5 Å².